The van der Waals surface area contributed by atoms with Crippen molar-refractivity contribution in [3.63, 3.8) is 0 Å². The SMILES string of the molecule is CC1CN(C(=O)NC(=O)COCC(=O)O)CC(C)O1. The summed E-state index contributed by atoms with van der Waals surface area (Å²) in [6, 6.07) is -0.522. The van der Waals surface area contributed by atoms with Crippen LogP contribution < -0.4 is 5.32 Å². The van der Waals surface area contributed by atoms with Crippen molar-refractivity contribution in [1.29, 1.82) is 0 Å². The van der Waals surface area contributed by atoms with E-state index in [0.717, 1.165) is 0 Å². The van der Waals surface area contributed by atoms with Gasteiger partial charge in [0.2, 0.25) is 0 Å². The molecule has 1 saturated heterocycles. The number of urea groups is 1. The van der Waals surface area contributed by atoms with Crippen molar-refractivity contribution in [3.05, 3.63) is 0 Å². The monoisotopic (exact) mass is 274 g/mol. The van der Waals surface area contributed by atoms with E-state index >= 15 is 0 Å². The smallest absolute Gasteiger partial charge is 0.329 e. The molecule has 0 radical (unpaired) electrons. The fourth-order valence-corrected chi connectivity index (χ4v) is 1.81. The molecule has 0 saturated carbocycles. The Balaban J connectivity index is 2.33. The van der Waals surface area contributed by atoms with Gasteiger partial charge in [0.25, 0.3) is 5.91 Å². The highest BCUT2D eigenvalue weighted by Crippen LogP contribution is 2.10. The number of nitrogens with zero attached hydrogens (tertiary/aromatic N) is 1. The first-order valence-electron chi connectivity index (χ1n) is 5.92. The van der Waals surface area contributed by atoms with E-state index in [1.807, 2.05) is 13.8 Å². The van der Waals surface area contributed by atoms with Crippen LogP contribution in [-0.4, -0.2) is 66.4 Å². The maximum Gasteiger partial charge on any atom is 0.329 e. The van der Waals surface area contributed by atoms with Gasteiger partial charge in [0.05, 0.1) is 12.2 Å². The fourth-order valence-electron chi connectivity index (χ4n) is 1.81. The van der Waals surface area contributed by atoms with E-state index in [-0.39, 0.29) is 12.2 Å². The van der Waals surface area contributed by atoms with Gasteiger partial charge in [-0.3, -0.25) is 10.1 Å². The van der Waals surface area contributed by atoms with Gasteiger partial charge >= 0.3 is 12.0 Å². The zero-order valence-electron chi connectivity index (χ0n) is 10.9. The molecule has 2 unspecified atom stereocenters. The second kappa shape index (κ2) is 7.05. The Hall–Kier alpha value is -1.67. The van der Waals surface area contributed by atoms with Gasteiger partial charge < -0.3 is 19.5 Å². The Kier molecular flexibility index (Phi) is 5.71. The minimum absolute atomic E-state index is 0.0899. The molecule has 1 heterocycles. The van der Waals surface area contributed by atoms with Crippen molar-refractivity contribution in [3.8, 4) is 0 Å². The molecule has 8 nitrogen and oxygen atoms in total. The first-order chi connectivity index (χ1) is 8.88. The molecule has 1 fully saturated rings. The normalized spacial score (nSPS) is 22.9. The minimum Gasteiger partial charge on any atom is -0.480 e. The van der Waals surface area contributed by atoms with Crippen molar-refractivity contribution >= 4 is 17.9 Å². The highest BCUT2D eigenvalue weighted by molar-refractivity contribution is 5.95. The molecule has 2 N–H and O–H groups in total. The molecule has 2 atom stereocenters. The lowest BCUT2D eigenvalue weighted by atomic mass is 10.2. The van der Waals surface area contributed by atoms with Crippen LogP contribution in [0.25, 0.3) is 0 Å². The molecule has 0 aliphatic carbocycles. The molecular weight excluding hydrogens is 256 g/mol. The summed E-state index contributed by atoms with van der Waals surface area (Å²) in [7, 11) is 0. The van der Waals surface area contributed by atoms with E-state index in [2.05, 4.69) is 10.1 Å². The van der Waals surface area contributed by atoms with Gasteiger partial charge in [0, 0.05) is 13.1 Å². The molecule has 3 amide bonds. The van der Waals surface area contributed by atoms with Crippen LogP contribution in [0.3, 0.4) is 0 Å². The van der Waals surface area contributed by atoms with Crippen LogP contribution in [0, 0.1) is 0 Å². The number of aliphatic carboxylic acids is 1. The molecule has 0 bridgehead atoms. The van der Waals surface area contributed by atoms with Crippen LogP contribution in [0.1, 0.15) is 13.8 Å². The van der Waals surface area contributed by atoms with E-state index in [4.69, 9.17) is 9.84 Å². The number of amides is 3. The summed E-state index contributed by atoms with van der Waals surface area (Å²) < 4.78 is 10.0. The van der Waals surface area contributed by atoms with Gasteiger partial charge in [-0.25, -0.2) is 9.59 Å². The van der Waals surface area contributed by atoms with Crippen LogP contribution >= 0.6 is 0 Å². The number of rotatable bonds is 4. The molecular formula is C11H18N2O6. The second-order valence-corrected chi connectivity index (χ2v) is 4.40. The quantitative estimate of drug-likeness (QED) is 0.711. The summed E-state index contributed by atoms with van der Waals surface area (Å²) in [5.74, 6) is -1.84. The molecule has 1 rings (SSSR count). The highest BCUT2D eigenvalue weighted by Gasteiger charge is 2.26. The molecule has 0 aromatic carbocycles. The number of hydrogen-bond donors (Lipinski definition) is 2. The van der Waals surface area contributed by atoms with Crippen molar-refractivity contribution in [2.24, 2.45) is 0 Å². The predicted molar refractivity (Wildman–Crippen MR) is 63.6 cm³/mol. The molecule has 1 aliphatic rings. The fraction of sp³-hybridized carbons (Fsp3) is 0.727. The summed E-state index contributed by atoms with van der Waals surface area (Å²) >= 11 is 0. The summed E-state index contributed by atoms with van der Waals surface area (Å²) in [4.78, 5) is 34.8. The van der Waals surface area contributed by atoms with Gasteiger partial charge in [-0.1, -0.05) is 0 Å². The maximum atomic E-state index is 11.8. The molecule has 1 aliphatic heterocycles. The van der Waals surface area contributed by atoms with Gasteiger partial charge in [0.15, 0.2) is 0 Å². The minimum atomic E-state index is -1.17. The number of hydrogen-bond acceptors (Lipinski definition) is 5. The molecule has 0 spiro atoms. The van der Waals surface area contributed by atoms with Crippen LogP contribution in [0.2, 0.25) is 0 Å². The lowest BCUT2D eigenvalue weighted by molar-refractivity contribution is -0.143. The molecule has 19 heavy (non-hydrogen) atoms. The van der Waals surface area contributed by atoms with Crippen molar-refractivity contribution < 1.29 is 29.0 Å². The number of nitrogens with one attached hydrogen (secondary N) is 1. The Morgan fingerprint density at radius 1 is 1.26 bits per heavy atom. The third-order valence-electron chi connectivity index (χ3n) is 2.41. The Labute approximate surface area is 110 Å². The van der Waals surface area contributed by atoms with Crippen LogP contribution in [0.4, 0.5) is 4.79 Å². The lowest BCUT2D eigenvalue weighted by Crippen LogP contribution is -2.53. The first-order valence-corrected chi connectivity index (χ1v) is 5.92. The number of carbonyl (C=O) groups is 3. The second-order valence-electron chi connectivity index (χ2n) is 4.40. The third kappa shape index (κ3) is 5.66. The van der Waals surface area contributed by atoms with E-state index in [9.17, 15) is 14.4 Å². The lowest BCUT2D eigenvalue weighted by Gasteiger charge is -2.35. The summed E-state index contributed by atoms with van der Waals surface area (Å²) in [6.45, 7) is 3.45. The topological polar surface area (TPSA) is 105 Å². The van der Waals surface area contributed by atoms with Gasteiger partial charge in [-0.2, -0.15) is 0 Å². The van der Waals surface area contributed by atoms with Crippen LogP contribution in [0.15, 0.2) is 0 Å². The van der Waals surface area contributed by atoms with E-state index < -0.39 is 31.1 Å². The Morgan fingerprint density at radius 2 is 1.84 bits per heavy atom. The number of carboxylic acid groups (broad SMARTS) is 1. The number of ether oxygens (including phenoxy) is 2. The highest BCUT2D eigenvalue weighted by atomic mass is 16.5. The first kappa shape index (κ1) is 15.4. The zero-order chi connectivity index (χ0) is 14.4. The average molecular weight is 274 g/mol. The number of carboxylic acids is 1. The molecule has 0 aromatic heterocycles. The summed E-state index contributed by atoms with van der Waals surface area (Å²) in [5.41, 5.74) is 0. The van der Waals surface area contributed by atoms with E-state index in [1.54, 1.807) is 0 Å². The van der Waals surface area contributed by atoms with Crippen LogP contribution in [-0.2, 0) is 19.1 Å². The van der Waals surface area contributed by atoms with Crippen molar-refractivity contribution in [1.82, 2.24) is 10.2 Å². The average Bonchev–Trinajstić information content (AvgIpc) is 2.26. The van der Waals surface area contributed by atoms with E-state index in [1.165, 1.54) is 4.90 Å². The van der Waals surface area contributed by atoms with Gasteiger partial charge in [0.1, 0.15) is 13.2 Å². The standard InChI is InChI=1S/C11H18N2O6/c1-7-3-13(4-8(2)19-7)11(17)12-9(14)5-18-6-10(15)16/h7-8H,3-6H2,1-2H3,(H,15,16)(H,12,14,17). The van der Waals surface area contributed by atoms with Crippen LogP contribution in [0.5, 0.6) is 0 Å². The molecule has 108 valence electrons. The van der Waals surface area contributed by atoms with E-state index in [0.29, 0.717) is 13.1 Å². The predicted octanol–water partition coefficient (Wildman–Crippen LogP) is -0.567. The summed E-state index contributed by atoms with van der Waals surface area (Å²) in [5, 5.41) is 10.5. The van der Waals surface area contributed by atoms with Crippen molar-refractivity contribution in [2.45, 2.75) is 26.1 Å². The number of imide groups is 1. The number of carbonyl (C=O) groups excluding carboxylic acids is 2. The van der Waals surface area contributed by atoms with Gasteiger partial charge in [-0.15, -0.1) is 0 Å². The Bertz CT molecular complexity index is 349. The Morgan fingerprint density at radius 3 is 2.37 bits per heavy atom. The zero-order valence-corrected chi connectivity index (χ0v) is 10.9. The third-order valence-corrected chi connectivity index (χ3v) is 2.41. The molecule has 8 heteroatoms. The maximum absolute atomic E-state index is 11.8. The van der Waals surface area contributed by atoms with Gasteiger partial charge in [-0.05, 0) is 13.8 Å². The largest absolute Gasteiger partial charge is 0.480 e. The van der Waals surface area contributed by atoms with Crippen molar-refractivity contribution in [2.75, 3.05) is 26.3 Å². The molecule has 0 aromatic rings. The number of morpholine rings is 1. The summed E-state index contributed by atoms with van der Waals surface area (Å²) in [6.07, 6.45) is -0.180.